The first-order valence-corrected chi connectivity index (χ1v) is 7.27. The molecule has 1 saturated heterocycles. The molecule has 1 aliphatic rings. The number of β-amino-alcohol motifs (C(OH)–C–C–N with tert-alkyl or cyclic N) is 2. The summed E-state index contributed by atoms with van der Waals surface area (Å²) in [6, 6.07) is 9.84. The number of nitrogens with zero attached hydrogens (tertiary/aromatic N) is 2. The minimum absolute atomic E-state index is 0.0208. The van der Waals surface area contributed by atoms with Crippen molar-refractivity contribution in [3.8, 4) is 0 Å². The summed E-state index contributed by atoms with van der Waals surface area (Å²) in [7, 11) is 3.68. The van der Waals surface area contributed by atoms with Gasteiger partial charge in [-0.15, -0.1) is 0 Å². The lowest BCUT2D eigenvalue weighted by molar-refractivity contribution is -0.131. The topological polar surface area (TPSA) is 64.0 Å². The fourth-order valence-corrected chi connectivity index (χ4v) is 2.83. The molecule has 1 heterocycles. The molecule has 2 rings (SSSR count). The van der Waals surface area contributed by atoms with Crippen LogP contribution in [0, 0.1) is 0 Å². The second-order valence-electron chi connectivity index (χ2n) is 6.12. The zero-order chi connectivity index (χ0) is 15.5. The van der Waals surface area contributed by atoms with Gasteiger partial charge in [0, 0.05) is 19.5 Å². The van der Waals surface area contributed by atoms with Crippen molar-refractivity contribution in [1.82, 2.24) is 9.80 Å². The van der Waals surface area contributed by atoms with E-state index in [4.69, 9.17) is 0 Å². The summed E-state index contributed by atoms with van der Waals surface area (Å²) in [5, 5.41) is 20.5. The number of hydrogen-bond acceptors (Lipinski definition) is 4. The summed E-state index contributed by atoms with van der Waals surface area (Å²) in [6.45, 7) is 0.745. The van der Waals surface area contributed by atoms with E-state index in [9.17, 15) is 15.0 Å². The van der Waals surface area contributed by atoms with Crippen molar-refractivity contribution in [3.63, 3.8) is 0 Å². The first-order chi connectivity index (χ1) is 9.90. The standard InChI is InChI=1S/C16H24N2O3/c1-17(2)11-16(21)12-18(10-14(16)19)15(20)9-8-13-6-4-3-5-7-13/h3-7,14,19,21H,8-12H2,1-2H3/t14-,16+/m1/s1. The third-order valence-electron chi connectivity index (χ3n) is 3.89. The Labute approximate surface area is 125 Å². The minimum atomic E-state index is -1.23. The van der Waals surface area contributed by atoms with Gasteiger partial charge in [-0.05, 0) is 26.1 Å². The number of rotatable bonds is 5. The highest BCUT2D eigenvalue weighted by atomic mass is 16.3. The van der Waals surface area contributed by atoms with Crippen molar-refractivity contribution >= 4 is 5.91 Å². The highest BCUT2D eigenvalue weighted by Crippen LogP contribution is 2.23. The molecule has 0 saturated carbocycles. The lowest BCUT2D eigenvalue weighted by atomic mass is 10.0. The molecule has 0 bridgehead atoms. The molecular weight excluding hydrogens is 268 g/mol. The lowest BCUT2D eigenvalue weighted by Crippen LogP contribution is -2.49. The number of likely N-dealkylation sites (N-methyl/N-ethyl adjacent to an activating group) is 1. The highest BCUT2D eigenvalue weighted by Gasteiger charge is 2.46. The average Bonchev–Trinajstić information content (AvgIpc) is 2.72. The molecule has 1 fully saturated rings. The van der Waals surface area contributed by atoms with E-state index < -0.39 is 11.7 Å². The van der Waals surface area contributed by atoms with Gasteiger partial charge in [0.15, 0.2) is 0 Å². The van der Waals surface area contributed by atoms with Crippen molar-refractivity contribution in [2.75, 3.05) is 33.7 Å². The molecule has 0 aliphatic carbocycles. The maximum Gasteiger partial charge on any atom is 0.223 e. The first kappa shape index (κ1) is 15.9. The van der Waals surface area contributed by atoms with Crippen LogP contribution in [0.25, 0.3) is 0 Å². The van der Waals surface area contributed by atoms with E-state index in [0.29, 0.717) is 19.4 Å². The maximum atomic E-state index is 12.2. The SMILES string of the molecule is CN(C)C[C@]1(O)CN(C(=O)CCc2ccccc2)C[C@H]1O. The number of likely N-dealkylation sites (tertiary alicyclic amines) is 1. The van der Waals surface area contributed by atoms with Crippen molar-refractivity contribution in [2.45, 2.75) is 24.5 Å². The van der Waals surface area contributed by atoms with Gasteiger partial charge in [-0.25, -0.2) is 0 Å². The van der Waals surface area contributed by atoms with Crippen LogP contribution in [0.2, 0.25) is 0 Å². The number of aryl methyl sites for hydroxylation is 1. The van der Waals surface area contributed by atoms with Crippen LogP contribution in [0.1, 0.15) is 12.0 Å². The fraction of sp³-hybridized carbons (Fsp3) is 0.562. The maximum absolute atomic E-state index is 12.2. The molecule has 1 aliphatic heterocycles. The van der Waals surface area contributed by atoms with Gasteiger partial charge in [0.1, 0.15) is 11.7 Å². The summed E-state index contributed by atoms with van der Waals surface area (Å²) in [5.74, 6) is -0.0208. The fourth-order valence-electron chi connectivity index (χ4n) is 2.83. The lowest BCUT2D eigenvalue weighted by Gasteiger charge is -2.28. The molecule has 0 spiro atoms. The van der Waals surface area contributed by atoms with Gasteiger partial charge in [-0.3, -0.25) is 4.79 Å². The van der Waals surface area contributed by atoms with Crippen LogP contribution in [-0.4, -0.2) is 71.4 Å². The molecule has 1 amide bonds. The Morgan fingerprint density at radius 2 is 2.05 bits per heavy atom. The summed E-state index contributed by atoms with van der Waals surface area (Å²) < 4.78 is 0. The highest BCUT2D eigenvalue weighted by molar-refractivity contribution is 5.77. The Balaban J connectivity index is 1.89. The van der Waals surface area contributed by atoms with Crippen LogP contribution < -0.4 is 0 Å². The molecular formula is C16H24N2O3. The summed E-state index contributed by atoms with van der Waals surface area (Å²) in [6.07, 6.45) is 0.188. The number of benzene rings is 1. The molecule has 2 atom stereocenters. The predicted octanol–water partition coefficient (Wildman–Crippen LogP) is 0.115. The van der Waals surface area contributed by atoms with E-state index >= 15 is 0 Å². The molecule has 0 unspecified atom stereocenters. The number of hydrogen-bond donors (Lipinski definition) is 2. The Morgan fingerprint density at radius 3 is 2.67 bits per heavy atom. The molecule has 2 N–H and O–H groups in total. The van der Waals surface area contributed by atoms with Crippen molar-refractivity contribution in [3.05, 3.63) is 35.9 Å². The Hall–Kier alpha value is -1.43. The van der Waals surface area contributed by atoms with Gasteiger partial charge < -0.3 is 20.0 Å². The Kier molecular flexibility index (Phi) is 4.98. The normalized spacial score (nSPS) is 25.6. The van der Waals surface area contributed by atoms with Gasteiger partial charge >= 0.3 is 0 Å². The minimum Gasteiger partial charge on any atom is -0.388 e. The van der Waals surface area contributed by atoms with Crippen molar-refractivity contribution in [2.24, 2.45) is 0 Å². The van der Waals surface area contributed by atoms with Crippen molar-refractivity contribution in [1.29, 1.82) is 0 Å². The van der Waals surface area contributed by atoms with E-state index in [-0.39, 0.29) is 19.0 Å². The average molecular weight is 292 g/mol. The summed E-state index contributed by atoms with van der Waals surface area (Å²) in [4.78, 5) is 15.6. The van der Waals surface area contributed by atoms with Crippen molar-refractivity contribution < 1.29 is 15.0 Å². The smallest absolute Gasteiger partial charge is 0.223 e. The van der Waals surface area contributed by atoms with E-state index in [0.717, 1.165) is 5.56 Å². The molecule has 21 heavy (non-hydrogen) atoms. The molecule has 0 radical (unpaired) electrons. The monoisotopic (exact) mass is 292 g/mol. The van der Waals surface area contributed by atoms with Crippen LogP contribution in [0.4, 0.5) is 0 Å². The molecule has 1 aromatic rings. The van der Waals surface area contributed by atoms with Crippen LogP contribution >= 0.6 is 0 Å². The van der Waals surface area contributed by atoms with Crippen LogP contribution in [-0.2, 0) is 11.2 Å². The first-order valence-electron chi connectivity index (χ1n) is 7.27. The van der Waals surface area contributed by atoms with E-state index in [1.54, 1.807) is 4.90 Å². The number of carbonyl (C=O) groups excluding carboxylic acids is 1. The Morgan fingerprint density at radius 1 is 1.38 bits per heavy atom. The van der Waals surface area contributed by atoms with E-state index in [1.165, 1.54) is 0 Å². The van der Waals surface area contributed by atoms with Gasteiger partial charge in [0.25, 0.3) is 0 Å². The largest absolute Gasteiger partial charge is 0.388 e. The van der Waals surface area contributed by atoms with Gasteiger partial charge in [-0.1, -0.05) is 30.3 Å². The molecule has 0 aromatic heterocycles. The second kappa shape index (κ2) is 6.56. The zero-order valence-corrected chi connectivity index (χ0v) is 12.7. The van der Waals surface area contributed by atoms with Gasteiger partial charge in [-0.2, -0.15) is 0 Å². The number of aliphatic hydroxyl groups excluding tert-OH is 1. The molecule has 1 aromatic carbocycles. The third-order valence-corrected chi connectivity index (χ3v) is 3.89. The summed E-state index contributed by atoms with van der Waals surface area (Å²) >= 11 is 0. The number of carbonyl (C=O) groups is 1. The zero-order valence-electron chi connectivity index (χ0n) is 12.7. The quantitative estimate of drug-likeness (QED) is 0.809. The molecule has 5 nitrogen and oxygen atoms in total. The second-order valence-corrected chi connectivity index (χ2v) is 6.12. The number of aliphatic hydroxyl groups is 2. The van der Waals surface area contributed by atoms with Crippen LogP contribution in [0.15, 0.2) is 30.3 Å². The summed E-state index contributed by atoms with van der Waals surface area (Å²) in [5.41, 5.74) is -0.111. The molecule has 5 heteroatoms. The van der Waals surface area contributed by atoms with Crippen LogP contribution in [0.5, 0.6) is 0 Å². The third kappa shape index (κ3) is 4.03. The van der Waals surface area contributed by atoms with Gasteiger partial charge in [0.2, 0.25) is 5.91 Å². The Bertz CT molecular complexity index is 478. The molecule has 116 valence electrons. The van der Waals surface area contributed by atoms with E-state index in [2.05, 4.69) is 0 Å². The van der Waals surface area contributed by atoms with Gasteiger partial charge in [0.05, 0.1) is 6.54 Å². The van der Waals surface area contributed by atoms with E-state index in [1.807, 2.05) is 49.3 Å². The number of amides is 1. The predicted molar refractivity (Wildman–Crippen MR) is 80.9 cm³/mol. The van der Waals surface area contributed by atoms with Crippen LogP contribution in [0.3, 0.4) is 0 Å².